The molecule has 21 N–H and O–H groups in total. The first kappa shape index (κ1) is 82.3. The van der Waals surface area contributed by atoms with Gasteiger partial charge in [0.1, 0.15) is 54.4 Å². The molecule has 0 unspecified atom stereocenters. The number of thiophene rings is 1. The normalized spacial score (nSPS) is 20.7. The molecule has 4 aromatic rings. The first-order valence-corrected chi connectivity index (χ1v) is 38.1. The van der Waals surface area contributed by atoms with Crippen molar-refractivity contribution in [3.05, 3.63) is 130 Å². The number of aliphatic hydroxyl groups is 2. The number of benzene rings is 3. The van der Waals surface area contributed by atoms with E-state index in [2.05, 4.69) is 46.9 Å². The zero-order valence-corrected chi connectivity index (χ0v) is 61.9. The van der Waals surface area contributed by atoms with E-state index in [0.717, 1.165) is 34.4 Å². The maximum Gasteiger partial charge on any atom is 0.326 e. The second kappa shape index (κ2) is 39.9. The van der Waals surface area contributed by atoms with Crippen molar-refractivity contribution in [1.82, 2.24) is 51.5 Å². The smallest absolute Gasteiger partial charge is 0.326 e. The molecule has 1 saturated carbocycles. The molecule has 12 atom stereocenters. The van der Waals surface area contributed by atoms with Crippen molar-refractivity contribution in [2.45, 2.75) is 189 Å². The molecule has 33 nitrogen and oxygen atoms in total. The van der Waals surface area contributed by atoms with Gasteiger partial charge in [-0.25, -0.2) is 4.79 Å². The van der Waals surface area contributed by atoms with Crippen LogP contribution in [-0.2, 0) is 85.0 Å². The Morgan fingerprint density at radius 1 is 0.523 bits per heavy atom. The zero-order chi connectivity index (χ0) is 78.3. The van der Waals surface area contributed by atoms with Gasteiger partial charge >= 0.3 is 5.97 Å². The van der Waals surface area contributed by atoms with Gasteiger partial charge < -0.3 is 101 Å². The Kier molecular flexibility index (Phi) is 30.1. The fourth-order valence-electron chi connectivity index (χ4n) is 15.3. The molecular formula is C75H103N19O14S. The highest BCUT2D eigenvalue weighted by molar-refractivity contribution is 7.09. The third-order valence-corrected chi connectivity index (χ3v) is 21.6. The van der Waals surface area contributed by atoms with Gasteiger partial charge in [-0.3, -0.25) is 62.9 Å². The van der Waals surface area contributed by atoms with Gasteiger partial charge in [-0.05, 0) is 123 Å². The molecule has 109 heavy (non-hydrogen) atoms. The van der Waals surface area contributed by atoms with Crippen LogP contribution in [0.4, 0.5) is 0 Å². The first-order valence-electron chi connectivity index (χ1n) is 37.2. The number of carbonyl (C=O) groups excluding carboxylic acids is 10. The van der Waals surface area contributed by atoms with Crippen LogP contribution in [0.2, 0.25) is 0 Å². The maximum absolute atomic E-state index is 15.4. The number of aliphatic carboxylic acids is 1. The van der Waals surface area contributed by atoms with Crippen molar-refractivity contribution >= 4 is 94.3 Å². The number of β-amino-alcohol motifs (C(OH)–C–C–N with tert-alkyl or cyclic N) is 1. The monoisotopic (exact) mass is 1530 g/mol. The van der Waals surface area contributed by atoms with Gasteiger partial charge in [0.2, 0.25) is 59.1 Å². The lowest BCUT2D eigenvalue weighted by Crippen LogP contribution is -2.63. The Hall–Kier alpha value is -10.7. The summed E-state index contributed by atoms with van der Waals surface area (Å²) >= 11 is 1.27. The van der Waals surface area contributed by atoms with Gasteiger partial charge in [-0.15, -0.1) is 11.3 Å². The summed E-state index contributed by atoms with van der Waals surface area (Å²) in [7, 11) is 0. The molecule has 4 aliphatic heterocycles. The molecule has 5 aliphatic rings. The second-order valence-electron chi connectivity index (χ2n) is 28.5. The number of carbonyl (C=O) groups is 11. The number of aliphatic hydroxyl groups excluding tert-OH is 2. The van der Waals surface area contributed by atoms with E-state index in [-0.39, 0.29) is 134 Å². The first-order chi connectivity index (χ1) is 52.4. The number of carboxylic acids is 1. The summed E-state index contributed by atoms with van der Waals surface area (Å²) in [6.07, 6.45) is 3.43. The van der Waals surface area contributed by atoms with Crippen molar-refractivity contribution in [2.24, 2.45) is 61.2 Å². The number of nitrogens with two attached hydrogens (primary N) is 6. The van der Waals surface area contributed by atoms with E-state index < -0.39 is 151 Å². The van der Waals surface area contributed by atoms with Gasteiger partial charge in [0.25, 0.3) is 0 Å². The van der Waals surface area contributed by atoms with Crippen LogP contribution in [0.25, 0.3) is 0 Å². The van der Waals surface area contributed by atoms with E-state index in [4.69, 9.17) is 34.4 Å². The molecule has 4 fully saturated rings. The average Bonchev–Trinajstić information content (AvgIpc) is 1.69. The average molecular weight is 1530 g/mol. The molecule has 10 amide bonds. The number of aliphatic imine (C=N–C) groups is 3. The summed E-state index contributed by atoms with van der Waals surface area (Å²) in [6.45, 7) is -1.78. The Balaban J connectivity index is 0.866. The number of likely N-dealkylation sites (tertiary alicyclic amines) is 3. The molecule has 1 aliphatic carbocycles. The molecular weight excluding hydrogens is 1420 g/mol. The molecule has 3 aromatic carbocycles. The van der Waals surface area contributed by atoms with E-state index in [1.165, 1.54) is 26.0 Å². The minimum Gasteiger partial charge on any atom is -0.480 e. The van der Waals surface area contributed by atoms with Crippen molar-refractivity contribution in [3.63, 3.8) is 0 Å². The van der Waals surface area contributed by atoms with Crippen LogP contribution in [-0.4, -0.2) is 230 Å². The van der Waals surface area contributed by atoms with Crippen molar-refractivity contribution in [1.29, 1.82) is 0 Å². The standard InChI is InChI=1S/C75H103N19O14S/c76-73(77)82-29-11-24-52(87-63(98)49(34-44-16-3-1-4-17-44)35-45-18-5-2-6-19-45)64(99)88-53(25-12-30-83-74(78)79)68(103)91-32-14-28-58(91)70(105)93-42-50(96)38-59(93)66(101)85-40-62(97)86-55(39-51-23-15-33-109-51)65(100)90-56(43-95)69(104)92-41-48-22-8-7-20-46(48)36-61(92)71(106)94-57-27-10-9-21-47(57)37-60(94)67(102)89-54(72(107)108)26-13-31-84-75(80)81/h1-8,15-20,22-23,33,47,49-50,52-61,95-96H,9-14,21,24-32,34-43H2,(H,85,101)(H,86,97)(H,87,98)(H,88,99)(H,89,102)(H,90,100)(H,107,108)(H4,76,77,82)(H4,78,79,83)(H4,80,81,84)/t47-,50+,52+,53-,54-,55-,56-,57-,58-,59-,60-,61+/m0/s1. The number of guanidine groups is 3. The quantitative estimate of drug-likeness (QED) is 0.0136. The topological polar surface area (TPSA) is 527 Å². The van der Waals surface area contributed by atoms with Crippen LogP contribution in [0.5, 0.6) is 0 Å². The van der Waals surface area contributed by atoms with E-state index in [9.17, 15) is 53.7 Å². The highest BCUT2D eigenvalue weighted by Gasteiger charge is 2.52. The molecule has 588 valence electrons. The van der Waals surface area contributed by atoms with Crippen molar-refractivity contribution in [2.75, 3.05) is 45.9 Å². The summed E-state index contributed by atoms with van der Waals surface area (Å²) < 4.78 is 0. The van der Waals surface area contributed by atoms with Crippen LogP contribution in [0.3, 0.4) is 0 Å². The summed E-state index contributed by atoms with van der Waals surface area (Å²) in [5.74, 6) is -9.71. The van der Waals surface area contributed by atoms with Crippen molar-refractivity contribution < 1.29 is 68.1 Å². The van der Waals surface area contributed by atoms with Gasteiger partial charge in [0.15, 0.2) is 17.9 Å². The number of amides is 10. The second-order valence-corrected chi connectivity index (χ2v) is 29.5. The van der Waals surface area contributed by atoms with E-state index >= 15 is 14.4 Å². The van der Waals surface area contributed by atoms with Gasteiger partial charge in [0.05, 0.1) is 19.3 Å². The van der Waals surface area contributed by atoms with Crippen LogP contribution < -0.4 is 66.3 Å². The Morgan fingerprint density at radius 3 is 1.70 bits per heavy atom. The summed E-state index contributed by atoms with van der Waals surface area (Å²) in [5, 5.41) is 50.3. The lowest BCUT2D eigenvalue weighted by atomic mass is 9.84. The lowest BCUT2D eigenvalue weighted by molar-refractivity contribution is -0.153. The molecule has 0 radical (unpaired) electrons. The van der Waals surface area contributed by atoms with Gasteiger partial charge in [-0.1, -0.05) is 104 Å². The van der Waals surface area contributed by atoms with Crippen LogP contribution in [0, 0.1) is 11.8 Å². The van der Waals surface area contributed by atoms with Crippen LogP contribution in [0.1, 0.15) is 117 Å². The van der Waals surface area contributed by atoms with E-state index in [1.54, 1.807) is 35.7 Å². The van der Waals surface area contributed by atoms with Gasteiger partial charge in [0, 0.05) is 75.4 Å². The molecule has 9 rings (SSSR count). The lowest BCUT2D eigenvalue weighted by Gasteiger charge is -2.42. The molecule has 0 spiro atoms. The molecule has 34 heteroatoms. The Morgan fingerprint density at radius 2 is 1.09 bits per heavy atom. The number of nitrogens with zero attached hydrogens (tertiary/aromatic N) is 7. The summed E-state index contributed by atoms with van der Waals surface area (Å²) in [4.78, 5) is 177. The maximum atomic E-state index is 15.4. The fraction of sp³-hybridized carbons (Fsp3) is 0.520. The number of hydrogen-bond donors (Lipinski definition) is 15. The third kappa shape index (κ3) is 22.9. The predicted molar refractivity (Wildman–Crippen MR) is 405 cm³/mol. The number of fused-ring (bicyclic) bond motifs is 2. The number of nitrogens with one attached hydrogen (secondary N) is 6. The SMILES string of the molecule is NC(N)=NCCC[C@H](NC(=O)[C@@H]1C[C@@H]2CCCC[C@@H]2N1C(=O)[C@H]1Cc2ccccc2CN1C(=O)[C@H](CO)NC(=O)[C@H](Cc1cccs1)NC(=O)CNC(=O)[C@@H]1C[C@@H](O)CN1C(=O)[C@@H]1CCCN1C(=O)[C@H](CCCN=C(N)N)NC(=O)[C@@H](CCCN=C(N)N)NC(=O)C(Cc1ccccc1)Cc1ccccc1)C(=O)O. The molecule has 5 heterocycles. The number of rotatable bonds is 36. The Labute approximate surface area is 636 Å². The third-order valence-electron chi connectivity index (χ3n) is 20.7. The Bertz CT molecular complexity index is 3870. The molecule has 0 bridgehead atoms. The fourth-order valence-corrected chi connectivity index (χ4v) is 16.1. The van der Waals surface area contributed by atoms with Crippen LogP contribution in [0.15, 0.2) is 117 Å². The van der Waals surface area contributed by atoms with Crippen molar-refractivity contribution in [3.8, 4) is 0 Å². The van der Waals surface area contributed by atoms with Crippen LogP contribution >= 0.6 is 11.3 Å². The minimum atomic E-state index is -1.69. The number of carboxylic acid groups (broad SMARTS) is 1. The molecule has 3 saturated heterocycles. The van der Waals surface area contributed by atoms with E-state index in [1.807, 2.05) is 66.7 Å². The van der Waals surface area contributed by atoms with E-state index in [0.29, 0.717) is 42.5 Å². The van der Waals surface area contributed by atoms with Gasteiger partial charge in [-0.2, -0.15) is 0 Å². The highest BCUT2D eigenvalue weighted by atomic mass is 32.1. The highest BCUT2D eigenvalue weighted by Crippen LogP contribution is 2.42. The molecule has 1 aromatic heterocycles. The largest absolute Gasteiger partial charge is 0.480 e. The summed E-state index contributed by atoms with van der Waals surface area (Å²) in [6, 6.07) is 17.3. The predicted octanol–water partition coefficient (Wildman–Crippen LogP) is -1.76. The number of hydrogen-bond acceptors (Lipinski definition) is 17. The zero-order valence-electron chi connectivity index (χ0n) is 61.0. The summed E-state index contributed by atoms with van der Waals surface area (Å²) in [5.41, 5.74) is 36.7. The minimum absolute atomic E-state index is 0.000261.